The minimum absolute atomic E-state index is 0.267. The Balaban J connectivity index is 2.02. The Morgan fingerprint density at radius 3 is 2.62 bits per heavy atom. The fourth-order valence-corrected chi connectivity index (χ4v) is 2.25. The molecule has 0 aromatic heterocycles. The van der Waals surface area contributed by atoms with Crippen LogP contribution in [0.2, 0.25) is 0 Å². The molecule has 1 aliphatic rings. The Kier molecular flexibility index (Phi) is 4.90. The molecule has 74 valence electrons. The third kappa shape index (κ3) is 4.31. The fraction of sp³-hybridized carbons (Fsp3) is 0.917. The first-order chi connectivity index (χ1) is 6.33. The molecule has 1 rings (SSSR count). The van der Waals surface area contributed by atoms with E-state index in [1.54, 1.807) is 0 Å². The van der Waals surface area contributed by atoms with Gasteiger partial charge in [-0.25, -0.2) is 0 Å². The zero-order valence-corrected chi connectivity index (χ0v) is 8.76. The van der Waals surface area contributed by atoms with Crippen LogP contribution in [-0.2, 0) is 0 Å². The van der Waals surface area contributed by atoms with Gasteiger partial charge in [-0.05, 0) is 19.3 Å². The Labute approximate surface area is 82.1 Å². The van der Waals surface area contributed by atoms with Crippen LogP contribution in [0, 0.1) is 23.2 Å². The van der Waals surface area contributed by atoms with Gasteiger partial charge in [-0.15, -0.1) is 0 Å². The highest BCUT2D eigenvalue weighted by atomic mass is 14.3. The van der Waals surface area contributed by atoms with E-state index in [1.165, 1.54) is 44.9 Å². The lowest BCUT2D eigenvalue weighted by Crippen LogP contribution is -2.06. The maximum absolute atomic E-state index is 8.62. The molecule has 0 aromatic carbocycles. The van der Waals surface area contributed by atoms with Gasteiger partial charge in [0.25, 0.3) is 0 Å². The van der Waals surface area contributed by atoms with Gasteiger partial charge in [0.05, 0.1) is 6.07 Å². The monoisotopic (exact) mass is 179 g/mol. The Bertz CT molecular complexity index is 162. The third-order valence-electron chi connectivity index (χ3n) is 3.19. The highest BCUT2D eigenvalue weighted by Gasteiger charge is 2.13. The number of rotatable bonds is 4. The molecule has 0 amide bonds. The molecular weight excluding hydrogens is 158 g/mol. The van der Waals surface area contributed by atoms with E-state index in [9.17, 15) is 0 Å². The van der Waals surface area contributed by atoms with Crippen molar-refractivity contribution in [3.05, 3.63) is 0 Å². The van der Waals surface area contributed by atoms with E-state index in [2.05, 4.69) is 6.07 Å². The molecule has 0 saturated heterocycles. The molecule has 0 N–H and O–H groups in total. The summed E-state index contributed by atoms with van der Waals surface area (Å²) in [6.45, 7) is 2.03. The lowest BCUT2D eigenvalue weighted by atomic mass is 9.85. The molecule has 1 atom stereocenters. The minimum Gasteiger partial charge on any atom is -0.198 e. The first kappa shape index (κ1) is 10.6. The first-order valence-electron chi connectivity index (χ1n) is 5.72. The topological polar surface area (TPSA) is 23.8 Å². The van der Waals surface area contributed by atoms with Crippen LogP contribution in [0.4, 0.5) is 0 Å². The second kappa shape index (κ2) is 6.02. The van der Waals surface area contributed by atoms with Crippen LogP contribution in [0.15, 0.2) is 0 Å². The van der Waals surface area contributed by atoms with Crippen LogP contribution in [0.1, 0.15) is 58.3 Å². The molecule has 0 unspecified atom stereocenters. The van der Waals surface area contributed by atoms with Crippen LogP contribution in [0.5, 0.6) is 0 Å². The van der Waals surface area contributed by atoms with E-state index in [0.717, 1.165) is 12.3 Å². The van der Waals surface area contributed by atoms with E-state index in [1.807, 2.05) is 6.92 Å². The molecular formula is C12H21N. The maximum atomic E-state index is 8.62. The van der Waals surface area contributed by atoms with Crippen molar-refractivity contribution < 1.29 is 0 Å². The quantitative estimate of drug-likeness (QED) is 0.642. The third-order valence-corrected chi connectivity index (χ3v) is 3.19. The van der Waals surface area contributed by atoms with E-state index >= 15 is 0 Å². The molecule has 1 saturated carbocycles. The van der Waals surface area contributed by atoms with Gasteiger partial charge in [0, 0.05) is 5.92 Å². The summed E-state index contributed by atoms with van der Waals surface area (Å²) >= 11 is 0. The lowest BCUT2D eigenvalue weighted by Gasteiger charge is -2.21. The summed E-state index contributed by atoms with van der Waals surface area (Å²) in [5.74, 6) is 1.25. The van der Waals surface area contributed by atoms with Crippen LogP contribution < -0.4 is 0 Å². The summed E-state index contributed by atoms with van der Waals surface area (Å²) < 4.78 is 0. The summed E-state index contributed by atoms with van der Waals surface area (Å²) in [7, 11) is 0. The van der Waals surface area contributed by atoms with Crippen molar-refractivity contribution in [3.8, 4) is 6.07 Å². The molecule has 0 aromatic rings. The van der Waals surface area contributed by atoms with Gasteiger partial charge >= 0.3 is 0 Å². The van der Waals surface area contributed by atoms with Crippen molar-refractivity contribution in [2.24, 2.45) is 11.8 Å². The van der Waals surface area contributed by atoms with E-state index in [0.29, 0.717) is 0 Å². The van der Waals surface area contributed by atoms with E-state index in [-0.39, 0.29) is 5.92 Å². The molecule has 0 heterocycles. The van der Waals surface area contributed by atoms with Gasteiger partial charge in [0.2, 0.25) is 0 Å². The Hall–Kier alpha value is -0.510. The average molecular weight is 179 g/mol. The zero-order valence-electron chi connectivity index (χ0n) is 8.76. The summed E-state index contributed by atoms with van der Waals surface area (Å²) in [5.41, 5.74) is 0. The predicted molar refractivity (Wildman–Crippen MR) is 55.2 cm³/mol. The van der Waals surface area contributed by atoms with Crippen LogP contribution in [0.25, 0.3) is 0 Å². The van der Waals surface area contributed by atoms with Gasteiger partial charge in [-0.1, -0.05) is 44.9 Å². The van der Waals surface area contributed by atoms with Gasteiger partial charge < -0.3 is 0 Å². The van der Waals surface area contributed by atoms with Gasteiger partial charge in [0.15, 0.2) is 0 Å². The van der Waals surface area contributed by atoms with Crippen LogP contribution >= 0.6 is 0 Å². The first-order valence-corrected chi connectivity index (χ1v) is 5.72. The molecule has 0 radical (unpaired) electrons. The lowest BCUT2D eigenvalue weighted by molar-refractivity contribution is 0.326. The largest absolute Gasteiger partial charge is 0.198 e. The van der Waals surface area contributed by atoms with Crippen molar-refractivity contribution in [2.45, 2.75) is 58.3 Å². The Morgan fingerprint density at radius 1 is 1.31 bits per heavy atom. The maximum Gasteiger partial charge on any atom is 0.0652 e. The standard InChI is InChI=1S/C12H21N/c1-11(10-13)6-5-9-12-7-3-2-4-8-12/h11-12H,2-9H2,1H3/t11-/m0/s1. The summed E-state index contributed by atoms with van der Waals surface area (Å²) in [5, 5.41) is 8.62. The molecule has 0 aliphatic heterocycles. The van der Waals surface area contributed by atoms with Gasteiger partial charge in [0.1, 0.15) is 0 Å². The highest BCUT2D eigenvalue weighted by Crippen LogP contribution is 2.28. The van der Waals surface area contributed by atoms with Crippen molar-refractivity contribution in [3.63, 3.8) is 0 Å². The Morgan fingerprint density at radius 2 is 2.00 bits per heavy atom. The second-order valence-corrected chi connectivity index (χ2v) is 4.47. The van der Waals surface area contributed by atoms with Crippen molar-refractivity contribution >= 4 is 0 Å². The molecule has 1 nitrogen and oxygen atoms in total. The second-order valence-electron chi connectivity index (χ2n) is 4.47. The van der Waals surface area contributed by atoms with Crippen LogP contribution in [-0.4, -0.2) is 0 Å². The van der Waals surface area contributed by atoms with E-state index < -0.39 is 0 Å². The van der Waals surface area contributed by atoms with E-state index in [4.69, 9.17) is 5.26 Å². The number of nitrogens with zero attached hydrogens (tertiary/aromatic N) is 1. The van der Waals surface area contributed by atoms with Crippen molar-refractivity contribution in [2.75, 3.05) is 0 Å². The molecule has 1 heteroatoms. The van der Waals surface area contributed by atoms with Gasteiger partial charge in [-0.3, -0.25) is 0 Å². The molecule has 13 heavy (non-hydrogen) atoms. The number of nitriles is 1. The molecule has 0 bridgehead atoms. The number of hydrogen-bond acceptors (Lipinski definition) is 1. The zero-order chi connectivity index (χ0) is 9.52. The molecule has 1 fully saturated rings. The summed E-state index contributed by atoms with van der Waals surface area (Å²) in [4.78, 5) is 0. The minimum atomic E-state index is 0.267. The molecule has 1 aliphatic carbocycles. The van der Waals surface area contributed by atoms with Crippen molar-refractivity contribution in [1.29, 1.82) is 5.26 Å². The smallest absolute Gasteiger partial charge is 0.0652 e. The fourth-order valence-electron chi connectivity index (χ4n) is 2.25. The molecule has 0 spiro atoms. The van der Waals surface area contributed by atoms with Crippen molar-refractivity contribution in [1.82, 2.24) is 0 Å². The van der Waals surface area contributed by atoms with Gasteiger partial charge in [-0.2, -0.15) is 5.26 Å². The highest BCUT2D eigenvalue weighted by molar-refractivity contribution is 4.78. The van der Waals surface area contributed by atoms with Crippen LogP contribution in [0.3, 0.4) is 0 Å². The SMILES string of the molecule is C[C@H](C#N)CCCC1CCCCC1. The average Bonchev–Trinajstić information content (AvgIpc) is 2.19. The summed E-state index contributed by atoms with van der Waals surface area (Å²) in [6.07, 6.45) is 11.0. The number of hydrogen-bond donors (Lipinski definition) is 0. The summed E-state index contributed by atoms with van der Waals surface area (Å²) in [6, 6.07) is 2.30. The normalized spacial score (nSPS) is 20.9. The predicted octanol–water partition coefficient (Wildman–Crippen LogP) is 3.90.